The number of halogens is 3. The molecule has 108 valence electrons. The highest BCUT2D eigenvalue weighted by Crippen LogP contribution is 2.32. The van der Waals surface area contributed by atoms with E-state index in [2.05, 4.69) is 9.97 Å². The molecule has 0 amide bonds. The number of rotatable bonds is 3. The van der Waals surface area contributed by atoms with Gasteiger partial charge in [-0.2, -0.15) is 4.98 Å². The number of ether oxygens (including phenoxy) is 1. The highest BCUT2D eigenvalue weighted by molar-refractivity contribution is 6.43. The molecule has 0 bridgehead atoms. The Kier molecular flexibility index (Phi) is 3.93. The molecule has 0 saturated heterocycles. The van der Waals surface area contributed by atoms with Crippen molar-refractivity contribution in [2.24, 2.45) is 0 Å². The molecule has 0 aliphatic rings. The summed E-state index contributed by atoms with van der Waals surface area (Å²) in [5.41, 5.74) is 2.01. The third-order valence-corrected chi connectivity index (χ3v) is 4.10. The number of hydrogen-bond acceptors (Lipinski definition) is 3. The van der Waals surface area contributed by atoms with Crippen LogP contribution in [0.1, 0.15) is 5.82 Å². The van der Waals surface area contributed by atoms with Gasteiger partial charge in [0.2, 0.25) is 5.88 Å². The van der Waals surface area contributed by atoms with Gasteiger partial charge in [0.25, 0.3) is 0 Å². The Labute approximate surface area is 136 Å². The summed E-state index contributed by atoms with van der Waals surface area (Å²) in [4.78, 5) is 8.89. The van der Waals surface area contributed by atoms with Crippen LogP contribution in [0.5, 0.6) is 5.88 Å². The van der Waals surface area contributed by atoms with Crippen LogP contribution in [0, 0.1) is 0 Å². The number of fused-ring (bicyclic) bond motifs is 1. The summed E-state index contributed by atoms with van der Waals surface area (Å²) in [7, 11) is 1.56. The van der Waals surface area contributed by atoms with Crippen molar-refractivity contribution >= 4 is 46.0 Å². The number of nitrogens with zero attached hydrogens (tertiary/aromatic N) is 3. The highest BCUT2D eigenvalue weighted by Gasteiger charge is 2.17. The van der Waals surface area contributed by atoms with Crippen molar-refractivity contribution in [1.82, 2.24) is 14.5 Å². The first-order valence-electron chi connectivity index (χ1n) is 6.08. The van der Waals surface area contributed by atoms with Gasteiger partial charge in [-0.25, -0.2) is 4.98 Å². The van der Waals surface area contributed by atoms with Crippen molar-refractivity contribution in [2.45, 2.75) is 5.88 Å². The van der Waals surface area contributed by atoms with Crippen LogP contribution in [0.4, 0.5) is 0 Å². The van der Waals surface area contributed by atoms with E-state index in [1.54, 1.807) is 23.8 Å². The minimum Gasteiger partial charge on any atom is -0.481 e. The predicted octanol–water partition coefficient (Wildman–Crippen LogP) is 4.47. The Hall–Kier alpha value is -1.49. The number of hydrogen-bond donors (Lipinski definition) is 0. The average molecular weight is 343 g/mol. The largest absolute Gasteiger partial charge is 0.481 e. The molecule has 0 aliphatic heterocycles. The van der Waals surface area contributed by atoms with E-state index in [9.17, 15) is 0 Å². The van der Waals surface area contributed by atoms with Gasteiger partial charge >= 0.3 is 0 Å². The van der Waals surface area contributed by atoms with Crippen LogP contribution in [-0.4, -0.2) is 21.6 Å². The van der Waals surface area contributed by atoms with Gasteiger partial charge in [-0.3, -0.25) is 4.57 Å². The standard InChI is InChI=1S/C14H10Cl3N3O/c1-21-12-6-5-9-14(19-12)20(11(7-15)18-9)10-4-2-3-8(16)13(10)17/h2-6H,7H2,1H3. The molecule has 0 N–H and O–H groups in total. The lowest BCUT2D eigenvalue weighted by molar-refractivity contribution is 0.399. The van der Waals surface area contributed by atoms with Crippen molar-refractivity contribution in [1.29, 1.82) is 0 Å². The molecule has 0 aliphatic carbocycles. The second-order valence-corrected chi connectivity index (χ2v) is 5.32. The molecule has 1 aromatic carbocycles. The van der Waals surface area contributed by atoms with E-state index in [4.69, 9.17) is 39.5 Å². The van der Waals surface area contributed by atoms with Gasteiger partial charge in [-0.15, -0.1) is 11.6 Å². The first-order valence-corrected chi connectivity index (χ1v) is 7.37. The smallest absolute Gasteiger partial charge is 0.215 e. The molecule has 7 heteroatoms. The zero-order chi connectivity index (χ0) is 15.0. The van der Waals surface area contributed by atoms with Crippen LogP contribution >= 0.6 is 34.8 Å². The van der Waals surface area contributed by atoms with E-state index in [1.807, 2.05) is 18.2 Å². The molecular weight excluding hydrogens is 333 g/mol. The number of methoxy groups -OCH3 is 1. The lowest BCUT2D eigenvalue weighted by Crippen LogP contribution is -2.02. The molecule has 0 saturated carbocycles. The molecule has 0 atom stereocenters. The molecule has 2 heterocycles. The molecule has 2 aromatic heterocycles. The number of aromatic nitrogens is 3. The van der Waals surface area contributed by atoms with Gasteiger partial charge in [0.05, 0.1) is 28.7 Å². The molecule has 0 spiro atoms. The van der Waals surface area contributed by atoms with Crippen LogP contribution in [0.2, 0.25) is 10.0 Å². The topological polar surface area (TPSA) is 39.9 Å². The first-order chi connectivity index (χ1) is 10.2. The molecule has 0 fully saturated rings. The minimum absolute atomic E-state index is 0.224. The van der Waals surface area contributed by atoms with Crippen LogP contribution in [0.3, 0.4) is 0 Å². The Morgan fingerprint density at radius 3 is 2.67 bits per heavy atom. The number of benzene rings is 1. The van der Waals surface area contributed by atoms with Crippen molar-refractivity contribution in [3.63, 3.8) is 0 Å². The monoisotopic (exact) mass is 341 g/mol. The lowest BCUT2D eigenvalue weighted by atomic mass is 10.3. The predicted molar refractivity (Wildman–Crippen MR) is 85.0 cm³/mol. The summed E-state index contributed by atoms with van der Waals surface area (Å²) in [6, 6.07) is 8.95. The lowest BCUT2D eigenvalue weighted by Gasteiger charge is -2.10. The number of pyridine rings is 1. The third-order valence-electron chi connectivity index (χ3n) is 3.05. The SMILES string of the molecule is COc1ccc2nc(CCl)n(-c3cccc(Cl)c3Cl)c2n1. The van der Waals surface area contributed by atoms with Crippen molar-refractivity contribution in [2.75, 3.05) is 7.11 Å². The van der Waals surface area contributed by atoms with E-state index < -0.39 is 0 Å². The molecule has 0 radical (unpaired) electrons. The Morgan fingerprint density at radius 2 is 1.95 bits per heavy atom. The molecule has 3 rings (SSSR count). The van der Waals surface area contributed by atoms with Crippen LogP contribution < -0.4 is 4.74 Å². The molecule has 21 heavy (non-hydrogen) atoms. The molecular formula is C14H10Cl3N3O. The molecule has 0 unspecified atom stereocenters. The van der Waals surface area contributed by atoms with Gasteiger partial charge in [0.15, 0.2) is 5.65 Å². The summed E-state index contributed by atoms with van der Waals surface area (Å²) in [5, 5.41) is 0.883. The minimum atomic E-state index is 0.224. The first kappa shape index (κ1) is 14.4. The number of alkyl halides is 1. The van der Waals surface area contributed by atoms with Crippen molar-refractivity contribution in [3.8, 4) is 11.6 Å². The Balaban J connectivity index is 2.36. The maximum Gasteiger partial charge on any atom is 0.215 e. The van der Waals surface area contributed by atoms with E-state index >= 15 is 0 Å². The van der Waals surface area contributed by atoms with E-state index in [0.29, 0.717) is 38.6 Å². The van der Waals surface area contributed by atoms with E-state index in [0.717, 1.165) is 0 Å². The highest BCUT2D eigenvalue weighted by atomic mass is 35.5. The quantitative estimate of drug-likeness (QED) is 0.659. The van der Waals surface area contributed by atoms with Gasteiger partial charge < -0.3 is 4.74 Å². The van der Waals surface area contributed by atoms with E-state index in [1.165, 1.54) is 0 Å². The summed E-state index contributed by atoms with van der Waals surface area (Å²) < 4.78 is 6.96. The fourth-order valence-corrected chi connectivity index (χ4v) is 2.67. The maximum absolute atomic E-state index is 6.30. The Bertz CT molecular complexity index is 817. The molecule has 4 nitrogen and oxygen atoms in total. The van der Waals surface area contributed by atoms with E-state index in [-0.39, 0.29) is 5.88 Å². The third kappa shape index (κ3) is 2.44. The van der Waals surface area contributed by atoms with Gasteiger partial charge in [0, 0.05) is 6.07 Å². The Morgan fingerprint density at radius 1 is 1.14 bits per heavy atom. The molecule has 3 aromatic rings. The fourth-order valence-electron chi connectivity index (χ4n) is 2.11. The van der Waals surface area contributed by atoms with Gasteiger partial charge in [-0.1, -0.05) is 29.3 Å². The van der Waals surface area contributed by atoms with Crippen molar-refractivity contribution in [3.05, 3.63) is 46.2 Å². The van der Waals surface area contributed by atoms with Crippen LogP contribution in [0.25, 0.3) is 16.9 Å². The zero-order valence-electron chi connectivity index (χ0n) is 11.0. The van der Waals surface area contributed by atoms with Gasteiger partial charge in [-0.05, 0) is 18.2 Å². The second kappa shape index (κ2) is 5.72. The normalized spacial score (nSPS) is 11.0. The van der Waals surface area contributed by atoms with Gasteiger partial charge in [0.1, 0.15) is 11.3 Å². The maximum atomic E-state index is 6.30. The second-order valence-electron chi connectivity index (χ2n) is 4.27. The van der Waals surface area contributed by atoms with Crippen molar-refractivity contribution < 1.29 is 4.74 Å². The number of imidazole rings is 1. The summed E-state index contributed by atoms with van der Waals surface area (Å²) in [6.45, 7) is 0. The summed E-state index contributed by atoms with van der Waals surface area (Å²) in [6.07, 6.45) is 0. The fraction of sp³-hybridized carbons (Fsp3) is 0.143. The average Bonchev–Trinajstić information content (AvgIpc) is 2.87. The summed E-state index contributed by atoms with van der Waals surface area (Å²) in [5.74, 6) is 1.35. The van der Waals surface area contributed by atoms with Crippen LogP contribution in [0.15, 0.2) is 30.3 Å². The zero-order valence-corrected chi connectivity index (χ0v) is 13.2. The summed E-state index contributed by atoms with van der Waals surface area (Å²) >= 11 is 18.4. The van der Waals surface area contributed by atoms with Crippen LogP contribution in [-0.2, 0) is 5.88 Å².